The minimum absolute atomic E-state index is 0.00461. The normalized spacial score (nSPS) is 19.4. The fourth-order valence-electron chi connectivity index (χ4n) is 6.38. The molecule has 1 fully saturated rings. The van der Waals surface area contributed by atoms with Crippen LogP contribution >= 0.6 is 23.5 Å². The molecule has 6 rings (SSSR count). The van der Waals surface area contributed by atoms with E-state index in [0.717, 1.165) is 38.0 Å². The molecule has 1 aromatic heterocycles. The van der Waals surface area contributed by atoms with Gasteiger partial charge in [0, 0.05) is 48.5 Å². The monoisotopic (exact) mass is 636 g/mol. The Morgan fingerprint density at radius 1 is 0.978 bits per heavy atom. The van der Waals surface area contributed by atoms with Gasteiger partial charge in [-0.25, -0.2) is 0 Å². The van der Waals surface area contributed by atoms with Crippen LogP contribution in [0, 0.1) is 11.8 Å². The highest BCUT2D eigenvalue weighted by atomic mass is 32.2. The molecule has 7 heteroatoms. The highest BCUT2D eigenvalue weighted by Gasteiger charge is 2.30. The number of thioether (sulfide) groups is 2. The summed E-state index contributed by atoms with van der Waals surface area (Å²) in [7, 11) is 7.93. The van der Waals surface area contributed by atoms with Crippen molar-refractivity contribution >= 4 is 52.2 Å². The third kappa shape index (κ3) is 7.01. The van der Waals surface area contributed by atoms with Gasteiger partial charge in [0.05, 0.1) is 29.1 Å². The summed E-state index contributed by atoms with van der Waals surface area (Å²) in [5.74, 6) is 1.28. The Bertz CT molecular complexity index is 1730. The summed E-state index contributed by atoms with van der Waals surface area (Å²) < 4.78 is 7.52. The number of methoxy groups -OCH3 is 1. The van der Waals surface area contributed by atoms with Gasteiger partial charge in [-0.3, -0.25) is 4.79 Å². The van der Waals surface area contributed by atoms with Gasteiger partial charge in [-0.2, -0.15) is 0 Å². The van der Waals surface area contributed by atoms with Gasteiger partial charge in [-0.05, 0) is 81.1 Å². The number of hydrogen-bond donors (Lipinski definition) is 0. The van der Waals surface area contributed by atoms with E-state index < -0.39 is 0 Å². The van der Waals surface area contributed by atoms with Gasteiger partial charge < -0.3 is 14.5 Å². The van der Waals surface area contributed by atoms with Gasteiger partial charge >= 0.3 is 5.97 Å². The van der Waals surface area contributed by atoms with E-state index in [9.17, 15) is 4.79 Å². The number of carbonyl (C=O) groups is 1. The van der Waals surface area contributed by atoms with Crippen LogP contribution in [0.25, 0.3) is 22.7 Å². The molecule has 2 heterocycles. The van der Waals surface area contributed by atoms with Gasteiger partial charge in [0.15, 0.2) is 0 Å². The molecule has 0 atom stereocenters. The molecule has 1 saturated carbocycles. The SMILES string of the molecule is COC(=O)C1CCC(C(=C\c2cc(SCCN(C)C)[n+](-c3ccccc3)c3ccccc23)/C=C2/Sc3ccccc3N2C)CC1. The van der Waals surface area contributed by atoms with Crippen LogP contribution in [0.2, 0.25) is 0 Å². The molecule has 3 aromatic carbocycles. The van der Waals surface area contributed by atoms with Crippen molar-refractivity contribution < 1.29 is 14.1 Å². The first-order valence-electron chi connectivity index (χ1n) is 15.8. The lowest BCUT2D eigenvalue weighted by molar-refractivity contribution is -0.608. The molecule has 5 nitrogen and oxygen atoms in total. The molecule has 0 saturated heterocycles. The number of rotatable bonds is 9. The van der Waals surface area contributed by atoms with Crippen LogP contribution < -0.4 is 9.47 Å². The predicted octanol–water partition coefficient (Wildman–Crippen LogP) is 8.22. The number of fused-ring (bicyclic) bond motifs is 2. The van der Waals surface area contributed by atoms with Crippen molar-refractivity contribution in [2.24, 2.45) is 11.8 Å². The second-order valence-corrected chi connectivity index (χ2v) is 14.3. The first kappa shape index (κ1) is 31.5. The Balaban J connectivity index is 1.47. The van der Waals surface area contributed by atoms with Crippen molar-refractivity contribution in [2.75, 3.05) is 45.5 Å². The van der Waals surface area contributed by atoms with E-state index >= 15 is 0 Å². The zero-order valence-corrected chi connectivity index (χ0v) is 28.2. The number of carbonyl (C=O) groups excluding carboxylic acids is 1. The summed E-state index contributed by atoms with van der Waals surface area (Å²) in [4.78, 5) is 18.2. The Labute approximate surface area is 276 Å². The molecular weight excluding hydrogens is 595 g/mol. The standard InChI is InChI=1S/C38H42N3O2S2/c1-39(2)22-23-44-37-26-30(32-14-8-9-15-33(32)41(37)31-12-6-5-7-13-31)24-29(27-18-20-28(21-19-27)38(42)43-4)25-36-40(3)34-16-10-11-17-35(34)45-36/h5-17,24-28H,18-23H2,1-4H3/q+1. The van der Waals surface area contributed by atoms with Gasteiger partial charge in [0.1, 0.15) is 0 Å². The van der Waals surface area contributed by atoms with Crippen molar-refractivity contribution in [3.8, 4) is 5.69 Å². The number of esters is 1. The lowest BCUT2D eigenvalue weighted by Gasteiger charge is -2.28. The largest absolute Gasteiger partial charge is 0.469 e. The van der Waals surface area contributed by atoms with Gasteiger partial charge in [0.2, 0.25) is 16.2 Å². The third-order valence-electron chi connectivity index (χ3n) is 8.88. The summed E-state index contributed by atoms with van der Waals surface area (Å²) in [6, 6.07) is 30.5. The number of nitrogens with zero attached hydrogens (tertiary/aromatic N) is 3. The predicted molar refractivity (Wildman–Crippen MR) is 189 cm³/mol. The minimum atomic E-state index is -0.0715. The molecule has 1 aliphatic heterocycles. The van der Waals surface area contributed by atoms with Crippen LogP contribution in [0.5, 0.6) is 0 Å². The van der Waals surface area contributed by atoms with E-state index in [1.165, 1.54) is 55.5 Å². The molecule has 232 valence electrons. The lowest BCUT2D eigenvalue weighted by Crippen LogP contribution is -2.35. The van der Waals surface area contributed by atoms with E-state index in [2.05, 4.69) is 133 Å². The van der Waals surface area contributed by atoms with Crippen LogP contribution in [0.1, 0.15) is 31.2 Å². The maximum atomic E-state index is 12.4. The summed E-state index contributed by atoms with van der Waals surface area (Å²) in [5, 5.41) is 3.69. The molecule has 4 aromatic rings. The number of para-hydroxylation sites is 3. The summed E-state index contributed by atoms with van der Waals surface area (Å²) >= 11 is 3.74. The van der Waals surface area contributed by atoms with Crippen molar-refractivity contribution in [1.82, 2.24) is 4.90 Å². The average molecular weight is 637 g/mol. The molecule has 0 spiro atoms. The molecule has 0 radical (unpaired) electrons. The smallest absolute Gasteiger partial charge is 0.308 e. The Hall–Kier alpha value is -3.52. The van der Waals surface area contributed by atoms with Crippen molar-refractivity contribution in [3.05, 3.63) is 107 Å². The van der Waals surface area contributed by atoms with Crippen LogP contribution in [0.4, 0.5) is 5.69 Å². The topological polar surface area (TPSA) is 36.7 Å². The maximum Gasteiger partial charge on any atom is 0.308 e. The van der Waals surface area contributed by atoms with Gasteiger partial charge in [-0.1, -0.05) is 72.1 Å². The molecule has 2 aliphatic rings. The number of hydrogen-bond acceptors (Lipinski definition) is 6. The second kappa shape index (κ2) is 14.3. The fraction of sp³-hybridized carbons (Fsp3) is 0.316. The molecular formula is C38H42N3O2S2+. The molecule has 1 aliphatic carbocycles. The number of allylic oxidation sites excluding steroid dienone is 2. The number of pyridine rings is 1. The van der Waals surface area contributed by atoms with Crippen LogP contribution in [0.3, 0.4) is 0 Å². The lowest BCUT2D eigenvalue weighted by atomic mass is 9.78. The Kier molecular flexibility index (Phi) is 9.98. The van der Waals surface area contributed by atoms with Crippen LogP contribution in [0.15, 0.2) is 112 Å². The minimum Gasteiger partial charge on any atom is -0.469 e. The highest BCUT2D eigenvalue weighted by molar-refractivity contribution is 8.03. The Morgan fingerprint density at radius 2 is 1.67 bits per heavy atom. The third-order valence-corrected chi connectivity index (χ3v) is 11.0. The maximum absolute atomic E-state index is 12.4. The van der Waals surface area contributed by atoms with Gasteiger partial charge in [0.25, 0.3) is 0 Å². The first-order valence-corrected chi connectivity index (χ1v) is 17.6. The summed E-state index contributed by atoms with van der Waals surface area (Å²) in [6.45, 7) is 1.00. The van der Waals surface area contributed by atoms with Gasteiger partial charge in [-0.15, -0.1) is 4.57 Å². The van der Waals surface area contributed by atoms with E-state index in [4.69, 9.17) is 4.74 Å². The summed E-state index contributed by atoms with van der Waals surface area (Å²) in [6.07, 6.45) is 8.49. The van der Waals surface area contributed by atoms with E-state index in [1.807, 2.05) is 23.5 Å². The number of ether oxygens (including phenoxy) is 1. The fourth-order valence-corrected chi connectivity index (χ4v) is 8.70. The molecule has 0 amide bonds. The van der Waals surface area contributed by atoms with Crippen LogP contribution in [-0.2, 0) is 9.53 Å². The van der Waals surface area contributed by atoms with Crippen molar-refractivity contribution in [3.63, 3.8) is 0 Å². The molecule has 45 heavy (non-hydrogen) atoms. The first-order chi connectivity index (χ1) is 21.9. The van der Waals surface area contributed by atoms with E-state index in [-0.39, 0.29) is 11.9 Å². The second-order valence-electron chi connectivity index (χ2n) is 12.1. The quantitative estimate of drug-likeness (QED) is 0.105. The molecule has 0 bridgehead atoms. The van der Waals surface area contributed by atoms with E-state index in [1.54, 1.807) is 0 Å². The number of benzene rings is 3. The molecule has 0 unspecified atom stereocenters. The highest BCUT2D eigenvalue weighted by Crippen LogP contribution is 2.46. The number of aromatic nitrogens is 1. The molecule has 0 N–H and O–H groups in total. The zero-order chi connectivity index (χ0) is 31.3. The summed E-state index contributed by atoms with van der Waals surface area (Å²) in [5.41, 5.74) is 6.17. The van der Waals surface area contributed by atoms with E-state index in [0.29, 0.717) is 5.92 Å². The number of anilines is 1. The van der Waals surface area contributed by atoms with Crippen molar-refractivity contribution in [1.29, 1.82) is 0 Å². The average Bonchev–Trinajstić information content (AvgIpc) is 3.39. The van der Waals surface area contributed by atoms with Crippen molar-refractivity contribution in [2.45, 2.75) is 35.6 Å². The Morgan fingerprint density at radius 3 is 2.40 bits per heavy atom. The van der Waals surface area contributed by atoms with Crippen LogP contribution in [-0.4, -0.2) is 51.4 Å². The zero-order valence-electron chi connectivity index (χ0n) is 26.6.